The first-order valence-electron chi connectivity index (χ1n) is 5.13. The molecule has 0 aliphatic rings. The van der Waals surface area contributed by atoms with E-state index in [1.165, 1.54) is 6.07 Å². The molecule has 0 unspecified atom stereocenters. The summed E-state index contributed by atoms with van der Waals surface area (Å²) in [5, 5.41) is 9.29. The number of carboxylic acids is 1. The zero-order chi connectivity index (χ0) is 14.0. The van der Waals surface area contributed by atoms with Crippen LogP contribution in [0.4, 0.5) is 0 Å². The van der Waals surface area contributed by atoms with E-state index in [2.05, 4.69) is 31.9 Å². The highest BCUT2D eigenvalue weighted by atomic mass is 79.9. The predicted octanol–water partition coefficient (Wildman–Crippen LogP) is 5.36. The summed E-state index contributed by atoms with van der Waals surface area (Å²) in [6, 6.07) is 10.0. The van der Waals surface area contributed by atoms with Crippen LogP contribution in [-0.4, -0.2) is 11.1 Å². The summed E-state index contributed by atoms with van der Waals surface area (Å²) >= 11 is 12.6. The van der Waals surface area contributed by atoms with Crippen molar-refractivity contribution in [2.75, 3.05) is 0 Å². The van der Waals surface area contributed by atoms with E-state index < -0.39 is 5.97 Å². The molecule has 0 radical (unpaired) electrons. The molecule has 0 heterocycles. The van der Waals surface area contributed by atoms with E-state index in [0.717, 1.165) is 4.47 Å². The Bertz CT molecular complexity index is 644. The summed E-state index contributed by atoms with van der Waals surface area (Å²) in [7, 11) is 0. The maximum atomic E-state index is 11.2. The molecule has 0 atom stereocenters. The second-order valence-electron chi connectivity index (χ2n) is 3.59. The molecule has 0 fully saturated rings. The van der Waals surface area contributed by atoms with E-state index >= 15 is 0 Å². The molecule has 98 valence electrons. The zero-order valence-corrected chi connectivity index (χ0v) is 13.3. The van der Waals surface area contributed by atoms with Crippen molar-refractivity contribution >= 4 is 49.4 Å². The molecular formula is C13H7Br2ClO3. The van der Waals surface area contributed by atoms with Crippen molar-refractivity contribution in [1.82, 2.24) is 0 Å². The Hall–Kier alpha value is -1.04. The molecule has 0 spiro atoms. The van der Waals surface area contributed by atoms with E-state index in [1.54, 1.807) is 30.3 Å². The largest absolute Gasteiger partial charge is 0.478 e. The fourth-order valence-electron chi connectivity index (χ4n) is 1.47. The fraction of sp³-hybridized carbons (Fsp3) is 0. The summed E-state index contributed by atoms with van der Waals surface area (Å²) in [6.45, 7) is 0. The molecule has 2 aromatic rings. The van der Waals surface area contributed by atoms with E-state index in [-0.39, 0.29) is 16.3 Å². The fourth-order valence-corrected chi connectivity index (χ4v) is 2.85. The SMILES string of the molecule is O=C(O)c1c(Cl)cccc1Oc1ccc(Br)cc1Br. The van der Waals surface area contributed by atoms with Gasteiger partial charge in [0, 0.05) is 4.47 Å². The van der Waals surface area contributed by atoms with Crippen molar-refractivity contribution in [3.05, 3.63) is 55.9 Å². The lowest BCUT2D eigenvalue weighted by molar-refractivity contribution is 0.0694. The summed E-state index contributed by atoms with van der Waals surface area (Å²) in [5.41, 5.74) is -0.0565. The molecule has 2 aromatic carbocycles. The van der Waals surface area contributed by atoms with Crippen molar-refractivity contribution in [3.8, 4) is 11.5 Å². The highest BCUT2D eigenvalue weighted by Gasteiger charge is 2.16. The minimum absolute atomic E-state index is 0.0565. The van der Waals surface area contributed by atoms with Crippen molar-refractivity contribution in [2.45, 2.75) is 0 Å². The van der Waals surface area contributed by atoms with E-state index in [9.17, 15) is 4.79 Å². The number of carbonyl (C=O) groups is 1. The normalized spacial score (nSPS) is 10.3. The molecule has 1 N–H and O–H groups in total. The maximum Gasteiger partial charge on any atom is 0.341 e. The van der Waals surface area contributed by atoms with Gasteiger partial charge in [-0.15, -0.1) is 0 Å². The van der Waals surface area contributed by atoms with Gasteiger partial charge in [0.15, 0.2) is 0 Å². The topological polar surface area (TPSA) is 46.5 Å². The van der Waals surface area contributed by atoms with Gasteiger partial charge in [0.05, 0.1) is 9.50 Å². The number of aromatic carboxylic acids is 1. The third-order valence-corrected chi connectivity index (χ3v) is 3.73. The highest BCUT2D eigenvalue weighted by molar-refractivity contribution is 9.11. The van der Waals surface area contributed by atoms with Crippen LogP contribution in [0.5, 0.6) is 11.5 Å². The van der Waals surface area contributed by atoms with Crippen LogP contribution in [0.1, 0.15) is 10.4 Å². The Morgan fingerprint density at radius 1 is 1.16 bits per heavy atom. The Morgan fingerprint density at radius 2 is 1.89 bits per heavy atom. The van der Waals surface area contributed by atoms with Gasteiger partial charge in [-0.2, -0.15) is 0 Å². The number of ether oxygens (including phenoxy) is 1. The molecule has 3 nitrogen and oxygen atoms in total. The summed E-state index contributed by atoms with van der Waals surface area (Å²) in [4.78, 5) is 11.2. The Labute approximate surface area is 131 Å². The average molecular weight is 406 g/mol. The number of carboxylic acid groups (broad SMARTS) is 1. The van der Waals surface area contributed by atoms with Crippen molar-refractivity contribution < 1.29 is 14.6 Å². The van der Waals surface area contributed by atoms with Gasteiger partial charge >= 0.3 is 5.97 Å². The number of hydrogen-bond acceptors (Lipinski definition) is 2. The molecule has 0 aliphatic heterocycles. The van der Waals surface area contributed by atoms with Gasteiger partial charge in [-0.25, -0.2) is 4.79 Å². The van der Waals surface area contributed by atoms with Gasteiger partial charge in [-0.3, -0.25) is 0 Å². The van der Waals surface area contributed by atoms with Crippen LogP contribution in [-0.2, 0) is 0 Å². The third kappa shape index (κ3) is 3.29. The van der Waals surface area contributed by atoms with Crippen LogP contribution in [0.25, 0.3) is 0 Å². The highest BCUT2D eigenvalue weighted by Crippen LogP contribution is 2.35. The molecular weight excluding hydrogens is 399 g/mol. The van der Waals surface area contributed by atoms with Gasteiger partial charge < -0.3 is 9.84 Å². The lowest BCUT2D eigenvalue weighted by Crippen LogP contribution is -2.01. The predicted molar refractivity (Wildman–Crippen MR) is 80.3 cm³/mol. The minimum atomic E-state index is -1.13. The molecule has 0 aliphatic carbocycles. The first-order chi connectivity index (χ1) is 8.99. The summed E-state index contributed by atoms with van der Waals surface area (Å²) in [6.07, 6.45) is 0. The van der Waals surface area contributed by atoms with Gasteiger partial charge in [-0.05, 0) is 46.3 Å². The standard InChI is InChI=1S/C13H7Br2ClO3/c14-7-4-5-10(8(15)6-7)19-11-3-1-2-9(16)12(11)13(17)18/h1-6H,(H,17,18). The van der Waals surface area contributed by atoms with E-state index in [1.807, 2.05) is 0 Å². The molecule has 0 saturated heterocycles. The molecule has 0 saturated carbocycles. The van der Waals surface area contributed by atoms with Crippen molar-refractivity contribution in [3.63, 3.8) is 0 Å². The molecule has 0 amide bonds. The summed E-state index contributed by atoms with van der Waals surface area (Å²) in [5.74, 6) is -0.426. The van der Waals surface area contributed by atoms with Crippen LogP contribution in [0.15, 0.2) is 45.3 Å². The lowest BCUT2D eigenvalue weighted by Gasteiger charge is -2.11. The Kier molecular flexibility index (Phi) is 4.50. The lowest BCUT2D eigenvalue weighted by atomic mass is 10.2. The number of benzene rings is 2. The smallest absolute Gasteiger partial charge is 0.341 e. The van der Waals surface area contributed by atoms with Gasteiger partial charge in [0.25, 0.3) is 0 Å². The van der Waals surface area contributed by atoms with Crippen LogP contribution < -0.4 is 4.74 Å². The molecule has 6 heteroatoms. The maximum absolute atomic E-state index is 11.2. The zero-order valence-electron chi connectivity index (χ0n) is 9.36. The second-order valence-corrected chi connectivity index (χ2v) is 5.77. The Balaban J connectivity index is 2.44. The minimum Gasteiger partial charge on any atom is -0.478 e. The molecule has 19 heavy (non-hydrogen) atoms. The van der Waals surface area contributed by atoms with Crippen molar-refractivity contribution in [2.24, 2.45) is 0 Å². The van der Waals surface area contributed by atoms with Gasteiger partial charge in [0.1, 0.15) is 17.1 Å². The van der Waals surface area contributed by atoms with E-state index in [4.69, 9.17) is 21.4 Å². The van der Waals surface area contributed by atoms with Crippen LogP contribution in [0.2, 0.25) is 5.02 Å². The van der Waals surface area contributed by atoms with Crippen LogP contribution >= 0.6 is 43.5 Å². The quantitative estimate of drug-likeness (QED) is 0.747. The first-order valence-corrected chi connectivity index (χ1v) is 7.10. The number of rotatable bonds is 3. The molecule has 0 aromatic heterocycles. The average Bonchev–Trinajstić information content (AvgIpc) is 2.32. The number of hydrogen-bond donors (Lipinski definition) is 1. The molecule has 0 bridgehead atoms. The first kappa shape index (κ1) is 14.4. The van der Waals surface area contributed by atoms with E-state index in [0.29, 0.717) is 10.2 Å². The monoisotopic (exact) mass is 404 g/mol. The third-order valence-electron chi connectivity index (χ3n) is 2.30. The van der Waals surface area contributed by atoms with Crippen LogP contribution in [0, 0.1) is 0 Å². The van der Waals surface area contributed by atoms with Crippen molar-refractivity contribution in [1.29, 1.82) is 0 Å². The Morgan fingerprint density at radius 3 is 2.53 bits per heavy atom. The second kappa shape index (κ2) is 5.94. The molecule has 2 rings (SSSR count). The van der Waals surface area contributed by atoms with Crippen LogP contribution in [0.3, 0.4) is 0 Å². The summed E-state index contributed by atoms with van der Waals surface area (Å²) < 4.78 is 7.20. The number of halogens is 3. The van der Waals surface area contributed by atoms with Gasteiger partial charge in [0.2, 0.25) is 0 Å². The van der Waals surface area contributed by atoms with Gasteiger partial charge in [-0.1, -0.05) is 33.6 Å².